The Labute approximate surface area is 115 Å². The minimum atomic E-state index is 0.285. The molecule has 1 unspecified atom stereocenters. The number of rotatable bonds is 7. The van der Waals surface area contributed by atoms with E-state index in [0.29, 0.717) is 5.41 Å². The minimum absolute atomic E-state index is 0.285. The molecule has 0 radical (unpaired) electrons. The van der Waals surface area contributed by atoms with Gasteiger partial charge in [0.15, 0.2) is 0 Å². The lowest BCUT2D eigenvalue weighted by Gasteiger charge is -2.20. The summed E-state index contributed by atoms with van der Waals surface area (Å²) in [4.78, 5) is 0. The molecule has 3 nitrogen and oxygen atoms in total. The van der Waals surface area contributed by atoms with E-state index in [9.17, 15) is 0 Å². The van der Waals surface area contributed by atoms with Crippen LogP contribution >= 0.6 is 0 Å². The lowest BCUT2D eigenvalue weighted by atomic mass is 10.0. The fraction of sp³-hybridized carbons (Fsp3) is 0.562. The predicted molar refractivity (Wildman–Crippen MR) is 75.7 cm³/mol. The van der Waals surface area contributed by atoms with Crippen molar-refractivity contribution >= 4 is 0 Å². The van der Waals surface area contributed by atoms with E-state index in [2.05, 4.69) is 24.4 Å². The molecule has 0 amide bonds. The predicted octanol–water partition coefficient (Wildman–Crippen LogP) is 3.03. The molecule has 19 heavy (non-hydrogen) atoms. The first-order valence-corrected chi connectivity index (χ1v) is 6.91. The number of hydrogen-bond donors (Lipinski definition) is 1. The summed E-state index contributed by atoms with van der Waals surface area (Å²) < 4.78 is 5.18. The third kappa shape index (κ3) is 3.79. The first kappa shape index (κ1) is 14.0. The molecule has 1 aromatic carbocycles. The highest BCUT2D eigenvalue weighted by Crippen LogP contribution is 2.48. The highest BCUT2D eigenvalue weighted by atomic mass is 16.5. The minimum Gasteiger partial charge on any atom is -0.385 e. The van der Waals surface area contributed by atoms with Gasteiger partial charge in [0.25, 0.3) is 0 Å². The molecular weight excluding hydrogens is 236 g/mol. The third-order valence-corrected chi connectivity index (χ3v) is 4.09. The van der Waals surface area contributed by atoms with Crippen LogP contribution in [-0.4, -0.2) is 20.3 Å². The van der Waals surface area contributed by atoms with Crippen LogP contribution in [0.1, 0.15) is 43.4 Å². The highest BCUT2D eigenvalue weighted by molar-refractivity contribution is 5.34. The standard InChI is InChI=1S/C16H22N2O/c1-13(15-5-3-4-14(10-15)11-17)18-12-16(6-7-16)8-9-19-2/h3-5,10,13,18H,6-9,12H2,1-2H3. The molecule has 0 bridgehead atoms. The second-order valence-corrected chi connectivity index (χ2v) is 5.58. The van der Waals surface area contributed by atoms with E-state index in [0.717, 1.165) is 25.1 Å². The second-order valence-electron chi connectivity index (χ2n) is 5.58. The Morgan fingerprint density at radius 3 is 2.89 bits per heavy atom. The van der Waals surface area contributed by atoms with Gasteiger partial charge in [-0.1, -0.05) is 12.1 Å². The van der Waals surface area contributed by atoms with Crippen LogP contribution in [0.5, 0.6) is 0 Å². The summed E-state index contributed by atoms with van der Waals surface area (Å²) in [5.74, 6) is 0. The maximum absolute atomic E-state index is 8.93. The third-order valence-electron chi connectivity index (χ3n) is 4.09. The van der Waals surface area contributed by atoms with Gasteiger partial charge in [-0.2, -0.15) is 5.26 Å². The molecule has 0 aliphatic heterocycles. The summed E-state index contributed by atoms with van der Waals surface area (Å²) in [5, 5.41) is 12.5. The van der Waals surface area contributed by atoms with E-state index in [1.807, 2.05) is 18.2 Å². The van der Waals surface area contributed by atoms with Crippen LogP contribution in [0.4, 0.5) is 0 Å². The van der Waals surface area contributed by atoms with Crippen LogP contribution in [-0.2, 0) is 4.74 Å². The summed E-state index contributed by atoms with van der Waals surface area (Å²) in [7, 11) is 1.76. The van der Waals surface area contributed by atoms with Crippen molar-refractivity contribution in [2.24, 2.45) is 5.41 Å². The molecular formula is C16H22N2O. The van der Waals surface area contributed by atoms with Crippen molar-refractivity contribution in [3.63, 3.8) is 0 Å². The van der Waals surface area contributed by atoms with Gasteiger partial charge >= 0.3 is 0 Å². The Bertz CT molecular complexity index is 460. The van der Waals surface area contributed by atoms with Crippen molar-refractivity contribution in [2.75, 3.05) is 20.3 Å². The number of nitrogens with zero attached hydrogens (tertiary/aromatic N) is 1. The van der Waals surface area contributed by atoms with Crippen molar-refractivity contribution in [3.05, 3.63) is 35.4 Å². The van der Waals surface area contributed by atoms with Crippen LogP contribution in [0, 0.1) is 16.7 Å². The van der Waals surface area contributed by atoms with Crippen molar-refractivity contribution in [1.29, 1.82) is 5.26 Å². The zero-order valence-corrected chi connectivity index (χ0v) is 11.8. The quantitative estimate of drug-likeness (QED) is 0.817. The van der Waals surface area contributed by atoms with E-state index in [-0.39, 0.29) is 6.04 Å². The molecule has 1 aliphatic rings. The second kappa shape index (κ2) is 6.18. The molecule has 1 saturated carbocycles. The van der Waals surface area contributed by atoms with Crippen LogP contribution in [0.15, 0.2) is 24.3 Å². The van der Waals surface area contributed by atoms with Crippen LogP contribution in [0.3, 0.4) is 0 Å². The maximum atomic E-state index is 8.93. The Morgan fingerprint density at radius 1 is 1.47 bits per heavy atom. The largest absolute Gasteiger partial charge is 0.385 e. The fourth-order valence-electron chi connectivity index (χ4n) is 2.38. The number of methoxy groups -OCH3 is 1. The van der Waals surface area contributed by atoms with Crippen LogP contribution in [0.2, 0.25) is 0 Å². The summed E-state index contributed by atoms with van der Waals surface area (Å²) >= 11 is 0. The summed E-state index contributed by atoms with van der Waals surface area (Å²) in [6.45, 7) is 4.04. The van der Waals surface area contributed by atoms with Gasteiger partial charge in [-0.15, -0.1) is 0 Å². The molecule has 0 heterocycles. The number of benzene rings is 1. The molecule has 1 fully saturated rings. The summed E-state index contributed by atoms with van der Waals surface area (Å²) in [6.07, 6.45) is 3.74. The molecule has 2 rings (SSSR count). The Kier molecular flexibility index (Phi) is 4.57. The highest BCUT2D eigenvalue weighted by Gasteiger charge is 2.41. The topological polar surface area (TPSA) is 45.0 Å². The van der Waals surface area contributed by atoms with Gasteiger partial charge in [0, 0.05) is 26.3 Å². The Balaban J connectivity index is 1.87. The SMILES string of the molecule is COCCC1(CNC(C)c2cccc(C#N)c2)CC1. The Hall–Kier alpha value is -1.37. The van der Waals surface area contributed by atoms with Gasteiger partial charge in [0.2, 0.25) is 0 Å². The normalized spacial score (nSPS) is 17.7. The van der Waals surface area contributed by atoms with Gasteiger partial charge in [-0.05, 0) is 49.3 Å². The molecule has 3 heteroatoms. The lowest BCUT2D eigenvalue weighted by molar-refractivity contribution is 0.170. The molecule has 1 N–H and O–H groups in total. The zero-order valence-electron chi connectivity index (χ0n) is 11.8. The number of nitriles is 1. The van der Waals surface area contributed by atoms with E-state index < -0.39 is 0 Å². The maximum Gasteiger partial charge on any atom is 0.0991 e. The molecule has 1 aromatic rings. The van der Waals surface area contributed by atoms with Crippen molar-refractivity contribution in [1.82, 2.24) is 5.32 Å². The molecule has 0 saturated heterocycles. The molecule has 0 spiro atoms. The van der Waals surface area contributed by atoms with Gasteiger partial charge in [0.05, 0.1) is 11.6 Å². The van der Waals surface area contributed by atoms with Crippen molar-refractivity contribution in [3.8, 4) is 6.07 Å². The summed E-state index contributed by atoms with van der Waals surface area (Å²) in [5.41, 5.74) is 2.37. The smallest absolute Gasteiger partial charge is 0.0991 e. The molecule has 102 valence electrons. The zero-order chi connectivity index (χ0) is 13.7. The van der Waals surface area contributed by atoms with E-state index in [4.69, 9.17) is 10.00 Å². The first-order chi connectivity index (χ1) is 9.19. The van der Waals surface area contributed by atoms with Crippen molar-refractivity contribution in [2.45, 2.75) is 32.2 Å². The number of ether oxygens (including phenoxy) is 1. The Morgan fingerprint density at radius 2 is 2.26 bits per heavy atom. The molecule has 1 atom stereocenters. The fourth-order valence-corrected chi connectivity index (χ4v) is 2.38. The van der Waals surface area contributed by atoms with Crippen molar-refractivity contribution < 1.29 is 4.74 Å². The van der Waals surface area contributed by atoms with Gasteiger partial charge in [0.1, 0.15) is 0 Å². The van der Waals surface area contributed by atoms with Gasteiger partial charge < -0.3 is 10.1 Å². The monoisotopic (exact) mass is 258 g/mol. The summed E-state index contributed by atoms with van der Waals surface area (Å²) in [6, 6.07) is 10.3. The van der Waals surface area contributed by atoms with E-state index >= 15 is 0 Å². The van der Waals surface area contributed by atoms with E-state index in [1.54, 1.807) is 7.11 Å². The number of hydrogen-bond acceptors (Lipinski definition) is 3. The van der Waals surface area contributed by atoms with Gasteiger partial charge in [-0.3, -0.25) is 0 Å². The average molecular weight is 258 g/mol. The molecule has 0 aromatic heterocycles. The van der Waals surface area contributed by atoms with Crippen LogP contribution < -0.4 is 5.32 Å². The van der Waals surface area contributed by atoms with Crippen LogP contribution in [0.25, 0.3) is 0 Å². The molecule has 1 aliphatic carbocycles. The number of nitrogens with one attached hydrogen (secondary N) is 1. The first-order valence-electron chi connectivity index (χ1n) is 6.91. The lowest BCUT2D eigenvalue weighted by Crippen LogP contribution is -2.27. The average Bonchev–Trinajstić information content (AvgIpc) is 3.23. The van der Waals surface area contributed by atoms with Gasteiger partial charge in [-0.25, -0.2) is 0 Å². The van der Waals surface area contributed by atoms with E-state index in [1.165, 1.54) is 18.4 Å².